The van der Waals surface area contributed by atoms with Gasteiger partial charge in [-0.15, -0.1) is 0 Å². The number of rotatable bonds is 6. The number of aromatic nitrogens is 2. The van der Waals surface area contributed by atoms with Crippen LogP contribution >= 0.6 is 11.6 Å². The first-order valence-electron chi connectivity index (χ1n) is 9.83. The average molecular weight is 426 g/mol. The van der Waals surface area contributed by atoms with Crippen LogP contribution in [0, 0.1) is 0 Å². The molecule has 156 valence electrons. The number of ether oxygens (including phenoxy) is 1. The zero-order valence-corrected chi connectivity index (χ0v) is 17.5. The molecule has 30 heavy (non-hydrogen) atoms. The van der Waals surface area contributed by atoms with E-state index < -0.39 is 0 Å². The summed E-state index contributed by atoms with van der Waals surface area (Å²) in [5.74, 6) is 1.66. The molecule has 1 aliphatic rings. The molecule has 1 amide bonds. The molecule has 1 fully saturated rings. The molecule has 0 unspecified atom stereocenters. The molecular formula is C22H24ClN5O2. The van der Waals surface area contributed by atoms with Crippen LogP contribution in [0.5, 0.6) is 5.75 Å². The molecule has 1 aromatic heterocycles. The minimum Gasteiger partial charge on any atom is -0.497 e. The Morgan fingerprint density at radius 3 is 2.70 bits per heavy atom. The minimum atomic E-state index is -0.0383. The van der Waals surface area contributed by atoms with Gasteiger partial charge in [0, 0.05) is 55.3 Å². The second kappa shape index (κ2) is 9.19. The first kappa shape index (κ1) is 20.3. The lowest BCUT2D eigenvalue weighted by Crippen LogP contribution is -2.49. The molecule has 0 saturated carbocycles. The van der Waals surface area contributed by atoms with E-state index in [0.717, 1.165) is 43.6 Å². The SMILES string of the molecule is COc1cccc(-n2ccnc2N2CCN(CC(=O)Nc3cccc(Cl)c3)CC2)c1. The van der Waals surface area contributed by atoms with E-state index >= 15 is 0 Å². The summed E-state index contributed by atoms with van der Waals surface area (Å²) in [6.45, 7) is 3.52. The fourth-order valence-corrected chi connectivity index (χ4v) is 3.76. The number of methoxy groups -OCH3 is 1. The van der Waals surface area contributed by atoms with Gasteiger partial charge in [-0.3, -0.25) is 14.3 Å². The highest BCUT2D eigenvalue weighted by atomic mass is 35.5. The lowest BCUT2D eigenvalue weighted by Gasteiger charge is -2.35. The van der Waals surface area contributed by atoms with Gasteiger partial charge in [-0.05, 0) is 30.3 Å². The summed E-state index contributed by atoms with van der Waals surface area (Å²) in [4.78, 5) is 21.3. The Hall–Kier alpha value is -3.03. The summed E-state index contributed by atoms with van der Waals surface area (Å²) < 4.78 is 7.40. The lowest BCUT2D eigenvalue weighted by molar-refractivity contribution is -0.117. The largest absolute Gasteiger partial charge is 0.497 e. The van der Waals surface area contributed by atoms with Crippen LogP contribution in [0.15, 0.2) is 60.9 Å². The molecule has 7 nitrogen and oxygen atoms in total. The zero-order chi connectivity index (χ0) is 20.9. The summed E-state index contributed by atoms with van der Waals surface area (Å²) in [6.07, 6.45) is 3.76. The number of amides is 1. The predicted octanol–water partition coefficient (Wildman–Crippen LogP) is 3.30. The topological polar surface area (TPSA) is 62.6 Å². The highest BCUT2D eigenvalue weighted by Crippen LogP contribution is 2.23. The number of hydrogen-bond acceptors (Lipinski definition) is 5. The molecule has 0 radical (unpaired) electrons. The highest BCUT2D eigenvalue weighted by Gasteiger charge is 2.22. The van der Waals surface area contributed by atoms with E-state index in [0.29, 0.717) is 17.3 Å². The van der Waals surface area contributed by atoms with E-state index in [4.69, 9.17) is 16.3 Å². The number of anilines is 2. The number of hydrogen-bond donors (Lipinski definition) is 1. The molecule has 3 aromatic rings. The minimum absolute atomic E-state index is 0.0383. The van der Waals surface area contributed by atoms with E-state index in [1.807, 2.05) is 42.6 Å². The number of benzene rings is 2. The van der Waals surface area contributed by atoms with Crippen LogP contribution in [-0.2, 0) is 4.79 Å². The summed E-state index contributed by atoms with van der Waals surface area (Å²) >= 11 is 5.98. The zero-order valence-electron chi connectivity index (χ0n) is 16.8. The number of carbonyl (C=O) groups is 1. The smallest absolute Gasteiger partial charge is 0.238 e. The Morgan fingerprint density at radius 2 is 1.93 bits per heavy atom. The van der Waals surface area contributed by atoms with Gasteiger partial charge in [0.1, 0.15) is 5.75 Å². The van der Waals surface area contributed by atoms with E-state index in [9.17, 15) is 4.79 Å². The number of imidazole rings is 1. The maximum Gasteiger partial charge on any atom is 0.238 e. The van der Waals surface area contributed by atoms with E-state index in [1.165, 1.54) is 0 Å². The Kier molecular flexibility index (Phi) is 6.21. The van der Waals surface area contributed by atoms with Crippen LogP contribution in [0.3, 0.4) is 0 Å². The molecule has 0 spiro atoms. The number of piperazine rings is 1. The van der Waals surface area contributed by atoms with Gasteiger partial charge in [-0.25, -0.2) is 4.98 Å². The van der Waals surface area contributed by atoms with Gasteiger partial charge in [-0.1, -0.05) is 23.7 Å². The molecule has 0 bridgehead atoms. The van der Waals surface area contributed by atoms with Crippen molar-refractivity contribution in [2.75, 3.05) is 50.1 Å². The van der Waals surface area contributed by atoms with Crippen LogP contribution < -0.4 is 15.0 Å². The van der Waals surface area contributed by atoms with Gasteiger partial charge in [0.15, 0.2) is 0 Å². The second-order valence-corrected chi connectivity index (χ2v) is 7.56. The van der Waals surface area contributed by atoms with Gasteiger partial charge >= 0.3 is 0 Å². The molecule has 8 heteroatoms. The first-order valence-corrected chi connectivity index (χ1v) is 10.2. The summed E-state index contributed by atoms with van der Waals surface area (Å²) in [7, 11) is 1.66. The van der Waals surface area contributed by atoms with E-state index in [1.54, 1.807) is 25.4 Å². The third kappa shape index (κ3) is 4.75. The fraction of sp³-hybridized carbons (Fsp3) is 0.273. The second-order valence-electron chi connectivity index (χ2n) is 7.12. The van der Waals surface area contributed by atoms with Crippen LogP contribution in [0.1, 0.15) is 0 Å². The van der Waals surface area contributed by atoms with Crippen molar-refractivity contribution in [1.82, 2.24) is 14.5 Å². The lowest BCUT2D eigenvalue weighted by atomic mass is 10.3. The first-order chi connectivity index (χ1) is 14.6. The van der Waals surface area contributed by atoms with Crippen LogP contribution in [0.4, 0.5) is 11.6 Å². The molecular weight excluding hydrogens is 402 g/mol. The van der Waals surface area contributed by atoms with Gasteiger partial charge in [0.25, 0.3) is 0 Å². The molecule has 4 rings (SSSR count). The number of halogens is 1. The molecule has 0 aliphatic carbocycles. The van der Waals surface area contributed by atoms with E-state index in [-0.39, 0.29) is 5.91 Å². The van der Waals surface area contributed by atoms with Crippen molar-refractivity contribution in [3.63, 3.8) is 0 Å². The molecule has 1 N–H and O–H groups in total. The van der Waals surface area contributed by atoms with E-state index in [2.05, 4.69) is 24.7 Å². The molecule has 1 aliphatic heterocycles. The summed E-state index contributed by atoms with van der Waals surface area (Å²) in [5, 5.41) is 3.51. The maximum atomic E-state index is 12.4. The monoisotopic (exact) mass is 425 g/mol. The van der Waals surface area contributed by atoms with Crippen molar-refractivity contribution in [3.8, 4) is 11.4 Å². The Balaban J connectivity index is 1.35. The van der Waals surface area contributed by atoms with Gasteiger partial charge in [0.05, 0.1) is 19.3 Å². The van der Waals surface area contributed by atoms with Crippen molar-refractivity contribution < 1.29 is 9.53 Å². The third-order valence-electron chi connectivity index (χ3n) is 5.08. The highest BCUT2D eigenvalue weighted by molar-refractivity contribution is 6.30. The van der Waals surface area contributed by atoms with Crippen molar-refractivity contribution >= 4 is 29.1 Å². The van der Waals surface area contributed by atoms with Crippen molar-refractivity contribution in [2.45, 2.75) is 0 Å². The summed E-state index contributed by atoms with van der Waals surface area (Å²) in [5.41, 5.74) is 1.72. The average Bonchev–Trinajstić information content (AvgIpc) is 3.24. The van der Waals surface area contributed by atoms with Crippen molar-refractivity contribution in [1.29, 1.82) is 0 Å². The predicted molar refractivity (Wildman–Crippen MR) is 119 cm³/mol. The molecule has 2 heterocycles. The Bertz CT molecular complexity index is 1010. The summed E-state index contributed by atoms with van der Waals surface area (Å²) in [6, 6.07) is 15.1. The standard InChI is InChI=1S/C22H24ClN5O2/c1-30-20-7-3-6-19(15-20)28-9-8-24-22(28)27-12-10-26(11-13-27)16-21(29)25-18-5-2-4-17(23)14-18/h2-9,14-15H,10-13,16H2,1H3,(H,25,29). The van der Waals surface area contributed by atoms with Crippen molar-refractivity contribution in [3.05, 3.63) is 65.9 Å². The fourth-order valence-electron chi connectivity index (χ4n) is 3.57. The van der Waals surface area contributed by atoms with Gasteiger partial charge < -0.3 is 15.0 Å². The Morgan fingerprint density at radius 1 is 1.13 bits per heavy atom. The molecule has 1 saturated heterocycles. The Labute approximate surface area is 180 Å². The maximum absolute atomic E-state index is 12.4. The van der Waals surface area contributed by atoms with Crippen LogP contribution in [0.2, 0.25) is 5.02 Å². The number of nitrogens with one attached hydrogen (secondary N) is 1. The van der Waals surface area contributed by atoms with Gasteiger partial charge in [-0.2, -0.15) is 0 Å². The number of carbonyl (C=O) groups excluding carboxylic acids is 1. The third-order valence-corrected chi connectivity index (χ3v) is 5.32. The number of nitrogens with zero attached hydrogens (tertiary/aromatic N) is 4. The van der Waals surface area contributed by atoms with Crippen LogP contribution in [0.25, 0.3) is 5.69 Å². The normalized spacial score (nSPS) is 14.5. The molecule has 2 aromatic carbocycles. The van der Waals surface area contributed by atoms with Crippen molar-refractivity contribution in [2.24, 2.45) is 0 Å². The quantitative estimate of drug-likeness (QED) is 0.656. The van der Waals surface area contributed by atoms with Gasteiger partial charge in [0.2, 0.25) is 11.9 Å². The van der Waals surface area contributed by atoms with Crippen LogP contribution in [-0.4, -0.2) is 60.2 Å². The molecule has 0 atom stereocenters.